The molecule has 2 heterocycles. The molecule has 1 aromatic carbocycles. The van der Waals surface area contributed by atoms with Crippen LogP contribution in [-0.4, -0.2) is 61.6 Å². The van der Waals surface area contributed by atoms with Crippen molar-refractivity contribution in [2.45, 2.75) is 57.0 Å². The van der Waals surface area contributed by atoms with Crippen molar-refractivity contribution in [3.63, 3.8) is 0 Å². The highest BCUT2D eigenvalue weighted by atomic mass is 19.1. The second-order valence-corrected chi connectivity index (χ2v) is 8.34. The average molecular weight is 443 g/mol. The first kappa shape index (κ1) is 21.8. The van der Waals surface area contributed by atoms with Gasteiger partial charge in [0.25, 0.3) is 5.91 Å². The number of rotatable bonds is 8. The van der Waals surface area contributed by atoms with Gasteiger partial charge in [0.05, 0.1) is 0 Å². The normalized spacial score (nSPS) is 18.2. The lowest BCUT2D eigenvalue weighted by Gasteiger charge is -2.20. The third-order valence-electron chi connectivity index (χ3n) is 6.16. The number of hydrogen-bond donors (Lipinski definition) is 2. The van der Waals surface area contributed by atoms with Gasteiger partial charge in [0.1, 0.15) is 23.2 Å². The van der Waals surface area contributed by atoms with Crippen molar-refractivity contribution in [1.82, 2.24) is 35.7 Å². The van der Waals surface area contributed by atoms with Gasteiger partial charge >= 0.3 is 6.03 Å². The molecule has 2 aromatic rings. The Bertz CT molecular complexity index is 1000. The Balaban J connectivity index is 1.34. The van der Waals surface area contributed by atoms with E-state index in [9.17, 15) is 18.8 Å². The summed E-state index contributed by atoms with van der Waals surface area (Å²) in [6.45, 7) is 2.21. The van der Waals surface area contributed by atoms with Gasteiger partial charge in [0.15, 0.2) is 0 Å². The molecule has 11 heteroatoms. The molecule has 2 aliphatic rings. The van der Waals surface area contributed by atoms with Crippen molar-refractivity contribution in [2.75, 3.05) is 13.1 Å². The van der Waals surface area contributed by atoms with Gasteiger partial charge in [-0.05, 0) is 54.3 Å². The molecule has 2 N–H and O–H groups in total. The highest BCUT2D eigenvalue weighted by Crippen LogP contribution is 2.35. The van der Waals surface area contributed by atoms with Crippen molar-refractivity contribution < 1.29 is 18.8 Å². The van der Waals surface area contributed by atoms with Crippen LogP contribution in [0.5, 0.6) is 0 Å². The van der Waals surface area contributed by atoms with Gasteiger partial charge in [-0.15, -0.1) is 5.10 Å². The van der Waals surface area contributed by atoms with Crippen LogP contribution in [0.1, 0.15) is 49.5 Å². The van der Waals surface area contributed by atoms with Crippen molar-refractivity contribution in [1.29, 1.82) is 0 Å². The van der Waals surface area contributed by atoms with E-state index < -0.39 is 11.6 Å². The van der Waals surface area contributed by atoms with E-state index in [1.165, 1.54) is 21.7 Å². The Kier molecular flexibility index (Phi) is 6.15. The molecule has 4 rings (SSSR count). The maximum Gasteiger partial charge on any atom is 0.325 e. The Morgan fingerprint density at radius 1 is 1.25 bits per heavy atom. The number of benzene rings is 1. The van der Waals surface area contributed by atoms with Crippen molar-refractivity contribution in [3.05, 3.63) is 41.5 Å². The Hall–Kier alpha value is -3.37. The molecular weight excluding hydrogens is 417 g/mol. The number of imide groups is 1. The molecule has 1 unspecified atom stereocenters. The van der Waals surface area contributed by atoms with Crippen LogP contribution in [0.15, 0.2) is 24.3 Å². The maximum atomic E-state index is 13.2. The number of amides is 4. The third kappa shape index (κ3) is 4.32. The van der Waals surface area contributed by atoms with Gasteiger partial charge < -0.3 is 10.6 Å². The molecule has 170 valence electrons. The lowest BCUT2D eigenvalue weighted by Crippen LogP contribution is -2.44. The number of carbonyl (C=O) groups is 3. The third-order valence-corrected chi connectivity index (χ3v) is 6.16. The predicted molar refractivity (Wildman–Crippen MR) is 111 cm³/mol. The molecule has 2 fully saturated rings. The van der Waals surface area contributed by atoms with E-state index in [4.69, 9.17) is 0 Å². The van der Waals surface area contributed by atoms with E-state index in [-0.39, 0.29) is 43.2 Å². The van der Waals surface area contributed by atoms with Gasteiger partial charge in [-0.3, -0.25) is 14.5 Å². The Morgan fingerprint density at radius 2 is 1.97 bits per heavy atom. The topological polar surface area (TPSA) is 122 Å². The van der Waals surface area contributed by atoms with E-state index in [1.807, 2.05) is 0 Å². The highest BCUT2D eigenvalue weighted by Gasteiger charge is 2.52. The maximum absolute atomic E-state index is 13.2. The monoisotopic (exact) mass is 443 g/mol. The van der Waals surface area contributed by atoms with Gasteiger partial charge in [0, 0.05) is 19.5 Å². The first-order chi connectivity index (χ1) is 15.4. The second kappa shape index (κ2) is 9.01. The van der Waals surface area contributed by atoms with Crippen molar-refractivity contribution in [3.8, 4) is 0 Å². The van der Waals surface area contributed by atoms with E-state index >= 15 is 0 Å². The summed E-state index contributed by atoms with van der Waals surface area (Å²) in [4.78, 5) is 39.1. The number of halogens is 1. The highest BCUT2D eigenvalue weighted by molar-refractivity contribution is 6.07. The van der Waals surface area contributed by atoms with E-state index in [1.54, 1.807) is 19.1 Å². The summed E-state index contributed by atoms with van der Waals surface area (Å²) < 4.78 is 14.7. The van der Waals surface area contributed by atoms with Crippen LogP contribution >= 0.6 is 0 Å². The fourth-order valence-electron chi connectivity index (χ4n) is 4.42. The number of nitrogens with one attached hydrogen (secondary N) is 2. The van der Waals surface area contributed by atoms with Crippen LogP contribution in [0.4, 0.5) is 9.18 Å². The lowest BCUT2D eigenvalue weighted by molar-refractivity contribution is -0.131. The average Bonchev–Trinajstić information content (AvgIpc) is 3.47. The minimum absolute atomic E-state index is 0.162. The molecule has 10 nitrogen and oxygen atoms in total. The second-order valence-electron chi connectivity index (χ2n) is 8.34. The molecule has 32 heavy (non-hydrogen) atoms. The smallest absolute Gasteiger partial charge is 0.325 e. The van der Waals surface area contributed by atoms with Gasteiger partial charge in [0.2, 0.25) is 5.91 Å². The zero-order valence-corrected chi connectivity index (χ0v) is 17.9. The summed E-state index contributed by atoms with van der Waals surface area (Å²) >= 11 is 0. The standard InChI is InChI=1S/C21H26FN7O3/c1-14-25-26-27-29(14)17(13-15-5-7-16(22)8-6-15)18(30)23-11-4-12-28-19(31)21(24-20(28)32)9-2-3-10-21/h5-8,17H,2-4,9-13H2,1H3,(H,23,30)(H,24,32). The van der Waals surface area contributed by atoms with Gasteiger partial charge in [-0.1, -0.05) is 25.0 Å². The van der Waals surface area contributed by atoms with Crippen LogP contribution in [0.2, 0.25) is 0 Å². The summed E-state index contributed by atoms with van der Waals surface area (Å²) in [5, 5.41) is 17.1. The molecule has 0 bridgehead atoms. The molecule has 1 atom stereocenters. The fraction of sp³-hybridized carbons (Fsp3) is 0.524. The van der Waals surface area contributed by atoms with Crippen LogP contribution in [-0.2, 0) is 16.0 Å². The zero-order valence-electron chi connectivity index (χ0n) is 17.9. The predicted octanol–water partition coefficient (Wildman–Crippen LogP) is 1.28. The van der Waals surface area contributed by atoms with E-state index in [0.717, 1.165) is 18.4 Å². The number of aryl methyl sites for hydroxylation is 1. The van der Waals surface area contributed by atoms with Crippen LogP contribution in [0.25, 0.3) is 0 Å². The SMILES string of the molecule is Cc1nnnn1C(Cc1ccc(F)cc1)C(=O)NCCCN1C(=O)NC2(CCCC2)C1=O. The van der Waals surface area contributed by atoms with Crippen LogP contribution in [0, 0.1) is 12.7 Å². The minimum atomic E-state index is -0.724. The van der Waals surface area contributed by atoms with Crippen molar-refractivity contribution >= 4 is 17.8 Å². The van der Waals surface area contributed by atoms with Crippen LogP contribution in [0.3, 0.4) is 0 Å². The first-order valence-corrected chi connectivity index (χ1v) is 10.8. The quantitative estimate of drug-likeness (QED) is 0.468. The lowest BCUT2D eigenvalue weighted by atomic mass is 9.98. The van der Waals surface area contributed by atoms with Crippen LogP contribution < -0.4 is 10.6 Å². The molecule has 1 saturated carbocycles. The number of hydrogen-bond acceptors (Lipinski definition) is 6. The van der Waals surface area contributed by atoms with Crippen molar-refractivity contribution in [2.24, 2.45) is 0 Å². The molecule has 1 spiro atoms. The summed E-state index contributed by atoms with van der Waals surface area (Å²) in [5.74, 6) is -0.333. The summed E-state index contributed by atoms with van der Waals surface area (Å²) in [5.41, 5.74) is 0.0423. The number of urea groups is 1. The molecule has 1 aromatic heterocycles. The summed E-state index contributed by atoms with van der Waals surface area (Å²) in [7, 11) is 0. The number of carbonyl (C=O) groups excluding carboxylic acids is 3. The molecule has 4 amide bonds. The Labute approximate surface area is 184 Å². The minimum Gasteiger partial charge on any atom is -0.354 e. The van der Waals surface area contributed by atoms with Gasteiger partial charge in [-0.2, -0.15) is 0 Å². The number of nitrogens with zero attached hydrogens (tertiary/aromatic N) is 5. The molecule has 1 aliphatic carbocycles. The molecule has 1 aliphatic heterocycles. The molecule has 0 radical (unpaired) electrons. The fourth-order valence-corrected chi connectivity index (χ4v) is 4.42. The summed E-state index contributed by atoms with van der Waals surface area (Å²) in [6.07, 6.45) is 3.94. The first-order valence-electron chi connectivity index (χ1n) is 10.8. The van der Waals surface area contributed by atoms with Gasteiger partial charge in [-0.25, -0.2) is 13.9 Å². The Morgan fingerprint density at radius 3 is 2.62 bits per heavy atom. The summed E-state index contributed by atoms with van der Waals surface area (Å²) in [6, 6.07) is 4.84. The zero-order chi connectivity index (χ0) is 22.7. The largest absolute Gasteiger partial charge is 0.354 e. The van der Waals surface area contributed by atoms with E-state index in [0.29, 0.717) is 25.1 Å². The van der Waals surface area contributed by atoms with E-state index in [2.05, 4.69) is 26.2 Å². The molecular formula is C21H26FN7O3. The number of tetrazole rings is 1. The molecule has 1 saturated heterocycles. The number of aromatic nitrogens is 4.